The van der Waals surface area contributed by atoms with Crippen LogP contribution in [0.4, 0.5) is 5.69 Å². The number of carbonyl (C=O) groups excluding carboxylic acids is 1. The van der Waals surface area contributed by atoms with Gasteiger partial charge in [-0.2, -0.15) is 5.10 Å². The number of nitrogens with two attached hydrogens (primary N) is 1. The van der Waals surface area contributed by atoms with Crippen molar-refractivity contribution < 1.29 is 9.90 Å². The number of aromatic amines is 1. The normalized spacial score (nSPS) is 16.9. The third kappa shape index (κ3) is 2.64. The predicted molar refractivity (Wildman–Crippen MR) is 68.2 cm³/mol. The summed E-state index contributed by atoms with van der Waals surface area (Å²) in [7, 11) is 0. The average molecular weight is 252 g/mol. The number of carbonyl (C=O) groups is 1. The van der Waals surface area contributed by atoms with E-state index >= 15 is 0 Å². The summed E-state index contributed by atoms with van der Waals surface area (Å²) < 4.78 is 0. The molecule has 1 saturated carbocycles. The van der Waals surface area contributed by atoms with Crippen molar-refractivity contribution in [1.82, 2.24) is 15.5 Å². The SMILES string of the molecule is CC(C)c1[nH]nc(C(=O)NCC(O)C2CC2)c1N. The maximum Gasteiger partial charge on any atom is 0.274 e. The number of hydrogen-bond acceptors (Lipinski definition) is 4. The second kappa shape index (κ2) is 4.97. The van der Waals surface area contributed by atoms with Gasteiger partial charge in [-0.15, -0.1) is 0 Å². The van der Waals surface area contributed by atoms with Gasteiger partial charge < -0.3 is 16.2 Å². The van der Waals surface area contributed by atoms with E-state index < -0.39 is 6.10 Å². The highest BCUT2D eigenvalue weighted by atomic mass is 16.3. The molecular weight excluding hydrogens is 232 g/mol. The summed E-state index contributed by atoms with van der Waals surface area (Å²) in [5.74, 6) is 0.194. The van der Waals surface area contributed by atoms with Gasteiger partial charge in [0.2, 0.25) is 0 Å². The highest BCUT2D eigenvalue weighted by molar-refractivity contribution is 5.97. The molecule has 0 aromatic carbocycles. The largest absolute Gasteiger partial charge is 0.395 e. The number of amides is 1. The number of hydrogen-bond donors (Lipinski definition) is 4. The number of H-pyrrole nitrogens is 1. The van der Waals surface area contributed by atoms with Gasteiger partial charge in [0, 0.05) is 6.54 Å². The Kier molecular flexibility index (Phi) is 3.56. The zero-order valence-corrected chi connectivity index (χ0v) is 10.7. The van der Waals surface area contributed by atoms with Gasteiger partial charge in [-0.3, -0.25) is 9.89 Å². The molecule has 5 N–H and O–H groups in total. The van der Waals surface area contributed by atoms with Crippen LogP contribution in [0.2, 0.25) is 0 Å². The molecule has 1 aliphatic carbocycles. The minimum atomic E-state index is -0.460. The van der Waals surface area contributed by atoms with Crippen LogP contribution in [0.15, 0.2) is 0 Å². The molecule has 6 nitrogen and oxygen atoms in total. The van der Waals surface area contributed by atoms with E-state index in [1.165, 1.54) is 0 Å². The lowest BCUT2D eigenvalue weighted by Crippen LogP contribution is -2.33. The van der Waals surface area contributed by atoms with Crippen LogP contribution in [0, 0.1) is 5.92 Å². The van der Waals surface area contributed by atoms with Gasteiger partial charge in [0.15, 0.2) is 5.69 Å². The van der Waals surface area contributed by atoms with Crippen molar-refractivity contribution in [1.29, 1.82) is 0 Å². The van der Waals surface area contributed by atoms with Crippen LogP contribution in [0.3, 0.4) is 0 Å². The van der Waals surface area contributed by atoms with E-state index in [4.69, 9.17) is 5.73 Å². The molecule has 100 valence electrons. The Bertz CT molecular complexity index is 437. The number of nitrogen functional groups attached to an aromatic ring is 1. The summed E-state index contributed by atoms with van der Waals surface area (Å²) in [6.07, 6.45) is 1.62. The number of nitrogens with zero attached hydrogens (tertiary/aromatic N) is 1. The van der Waals surface area contributed by atoms with Gasteiger partial charge >= 0.3 is 0 Å². The monoisotopic (exact) mass is 252 g/mol. The molecule has 0 saturated heterocycles. The summed E-state index contributed by atoms with van der Waals surface area (Å²) in [4.78, 5) is 11.9. The number of aromatic nitrogens is 2. The molecule has 1 aromatic heterocycles. The second-order valence-electron chi connectivity index (χ2n) is 5.17. The number of anilines is 1. The zero-order valence-electron chi connectivity index (χ0n) is 10.7. The Hall–Kier alpha value is -1.56. The van der Waals surface area contributed by atoms with Gasteiger partial charge in [-0.25, -0.2) is 0 Å². The number of aliphatic hydroxyl groups excluding tert-OH is 1. The summed E-state index contributed by atoms with van der Waals surface area (Å²) in [5.41, 5.74) is 7.24. The first kappa shape index (κ1) is 12.9. The minimum absolute atomic E-state index is 0.191. The van der Waals surface area contributed by atoms with Gasteiger partial charge in [0.25, 0.3) is 5.91 Å². The number of rotatable bonds is 5. The fraction of sp³-hybridized carbons (Fsp3) is 0.667. The van der Waals surface area contributed by atoms with Gasteiger partial charge in [-0.1, -0.05) is 13.8 Å². The molecule has 1 heterocycles. The van der Waals surface area contributed by atoms with Crippen LogP contribution in [-0.4, -0.2) is 33.9 Å². The molecule has 1 aliphatic rings. The summed E-state index contributed by atoms with van der Waals surface area (Å²) >= 11 is 0. The Morgan fingerprint density at radius 2 is 2.28 bits per heavy atom. The van der Waals surface area contributed by atoms with Gasteiger partial charge in [0.05, 0.1) is 17.5 Å². The number of nitrogens with one attached hydrogen (secondary N) is 2. The van der Waals surface area contributed by atoms with E-state index in [-0.39, 0.29) is 24.1 Å². The Morgan fingerprint density at radius 3 is 2.78 bits per heavy atom. The molecule has 1 atom stereocenters. The first-order valence-corrected chi connectivity index (χ1v) is 6.30. The minimum Gasteiger partial charge on any atom is -0.395 e. The van der Waals surface area contributed by atoms with Crippen LogP contribution in [0.1, 0.15) is 48.8 Å². The molecule has 1 fully saturated rings. The lowest BCUT2D eigenvalue weighted by Gasteiger charge is -2.10. The van der Waals surface area contributed by atoms with Crippen LogP contribution in [0.5, 0.6) is 0 Å². The Balaban J connectivity index is 1.95. The molecular formula is C12H20N4O2. The van der Waals surface area contributed by atoms with Crippen molar-refractivity contribution >= 4 is 11.6 Å². The van der Waals surface area contributed by atoms with E-state index in [0.717, 1.165) is 18.5 Å². The fourth-order valence-corrected chi connectivity index (χ4v) is 1.91. The predicted octanol–water partition coefficient (Wildman–Crippen LogP) is 0.616. The molecule has 0 aliphatic heterocycles. The van der Waals surface area contributed by atoms with Crippen LogP contribution < -0.4 is 11.1 Å². The Labute approximate surface area is 106 Å². The van der Waals surface area contributed by atoms with E-state index in [0.29, 0.717) is 11.6 Å². The molecule has 1 aromatic rings. The van der Waals surface area contributed by atoms with Crippen molar-refractivity contribution in [3.63, 3.8) is 0 Å². The van der Waals surface area contributed by atoms with Crippen molar-refractivity contribution in [2.75, 3.05) is 12.3 Å². The maximum atomic E-state index is 11.9. The van der Waals surface area contributed by atoms with Crippen LogP contribution in [-0.2, 0) is 0 Å². The first-order chi connectivity index (χ1) is 8.50. The van der Waals surface area contributed by atoms with E-state index in [9.17, 15) is 9.90 Å². The molecule has 0 radical (unpaired) electrons. The van der Waals surface area contributed by atoms with Gasteiger partial charge in [0.1, 0.15) is 0 Å². The molecule has 0 spiro atoms. The molecule has 2 rings (SSSR count). The highest BCUT2D eigenvalue weighted by Crippen LogP contribution is 2.32. The standard InChI is InChI=1S/C12H20N4O2/c1-6(2)10-9(13)11(16-15-10)12(18)14-5-8(17)7-3-4-7/h6-8,17H,3-5,13H2,1-2H3,(H,14,18)(H,15,16). The van der Waals surface area contributed by atoms with Crippen LogP contribution >= 0.6 is 0 Å². The quantitative estimate of drug-likeness (QED) is 0.616. The highest BCUT2D eigenvalue weighted by Gasteiger charge is 2.30. The zero-order chi connectivity index (χ0) is 13.3. The molecule has 1 unspecified atom stereocenters. The smallest absolute Gasteiger partial charge is 0.274 e. The Morgan fingerprint density at radius 1 is 1.61 bits per heavy atom. The lowest BCUT2D eigenvalue weighted by molar-refractivity contribution is 0.0897. The third-order valence-corrected chi connectivity index (χ3v) is 3.26. The second-order valence-corrected chi connectivity index (χ2v) is 5.17. The average Bonchev–Trinajstić information content (AvgIpc) is 3.09. The summed E-state index contributed by atoms with van der Waals surface area (Å²) in [5, 5.41) is 19.0. The molecule has 1 amide bonds. The fourth-order valence-electron chi connectivity index (χ4n) is 1.91. The lowest BCUT2D eigenvalue weighted by atomic mass is 10.1. The van der Waals surface area contributed by atoms with E-state index in [2.05, 4.69) is 15.5 Å². The molecule has 18 heavy (non-hydrogen) atoms. The molecule has 6 heteroatoms. The summed E-state index contributed by atoms with van der Waals surface area (Å²) in [6.45, 7) is 4.21. The van der Waals surface area contributed by atoms with E-state index in [1.807, 2.05) is 13.8 Å². The number of aliphatic hydroxyl groups is 1. The van der Waals surface area contributed by atoms with Crippen LogP contribution in [0.25, 0.3) is 0 Å². The summed E-state index contributed by atoms with van der Waals surface area (Å²) in [6, 6.07) is 0. The van der Waals surface area contributed by atoms with Crippen molar-refractivity contribution in [3.05, 3.63) is 11.4 Å². The third-order valence-electron chi connectivity index (χ3n) is 3.26. The van der Waals surface area contributed by atoms with Gasteiger partial charge in [-0.05, 0) is 24.7 Å². The first-order valence-electron chi connectivity index (χ1n) is 6.30. The van der Waals surface area contributed by atoms with Crippen molar-refractivity contribution in [2.45, 2.75) is 38.7 Å². The van der Waals surface area contributed by atoms with Crippen molar-refractivity contribution in [3.8, 4) is 0 Å². The molecule has 0 bridgehead atoms. The van der Waals surface area contributed by atoms with E-state index in [1.54, 1.807) is 0 Å². The van der Waals surface area contributed by atoms with Crippen molar-refractivity contribution in [2.24, 2.45) is 5.92 Å². The topological polar surface area (TPSA) is 104 Å². The maximum absolute atomic E-state index is 11.9.